The Morgan fingerprint density at radius 3 is 2.00 bits per heavy atom. The number of aryl methyl sites for hydroxylation is 1. The van der Waals surface area contributed by atoms with Crippen molar-refractivity contribution >= 4 is 28.6 Å². The van der Waals surface area contributed by atoms with Crippen LogP contribution in [0.3, 0.4) is 0 Å². The van der Waals surface area contributed by atoms with Gasteiger partial charge in [0.25, 0.3) is 0 Å². The zero-order chi connectivity index (χ0) is 21.6. The van der Waals surface area contributed by atoms with Crippen molar-refractivity contribution in [2.24, 2.45) is 0 Å². The number of nitrogens with one attached hydrogen (secondary N) is 1. The van der Waals surface area contributed by atoms with Gasteiger partial charge in [0.2, 0.25) is 5.95 Å². The van der Waals surface area contributed by atoms with Gasteiger partial charge in [-0.05, 0) is 42.3 Å². The lowest BCUT2D eigenvalue weighted by Crippen LogP contribution is -2.13. The number of alkyl halides is 6. The van der Waals surface area contributed by atoms with Gasteiger partial charge in [0, 0.05) is 6.54 Å². The quantitative estimate of drug-likeness (QED) is 0.555. The Hall–Kier alpha value is -3.31. The van der Waals surface area contributed by atoms with Crippen LogP contribution in [0.2, 0.25) is 0 Å². The summed E-state index contributed by atoms with van der Waals surface area (Å²) in [6.45, 7) is 1.35. The molecule has 3 rings (SSSR count). The fraction of sp³-hybridized carbons (Fsp3) is 0.235. The second-order valence-electron chi connectivity index (χ2n) is 6.26. The van der Waals surface area contributed by atoms with Gasteiger partial charge in [-0.2, -0.15) is 36.3 Å². The molecule has 0 saturated carbocycles. The van der Waals surface area contributed by atoms with Gasteiger partial charge in [0.15, 0.2) is 5.65 Å². The SMILES string of the molecule is Cc1cc(NCc2cc(C(F)(F)F)cc(C(F)(F)F)c2)nc2nc(N)nc(N)c12. The summed E-state index contributed by atoms with van der Waals surface area (Å²) in [7, 11) is 0. The average Bonchev–Trinajstić information content (AvgIpc) is 2.57. The molecule has 0 radical (unpaired) electrons. The number of rotatable bonds is 3. The van der Waals surface area contributed by atoms with Crippen molar-refractivity contribution in [1.29, 1.82) is 0 Å². The predicted molar refractivity (Wildman–Crippen MR) is 94.7 cm³/mol. The van der Waals surface area contributed by atoms with E-state index in [-0.39, 0.29) is 41.4 Å². The number of halogens is 6. The minimum absolute atomic E-state index is 0.0738. The van der Waals surface area contributed by atoms with Gasteiger partial charge in [-0.1, -0.05) is 0 Å². The summed E-state index contributed by atoms with van der Waals surface area (Å²) in [6.07, 6.45) is -9.83. The molecule has 0 aliphatic heterocycles. The van der Waals surface area contributed by atoms with E-state index in [2.05, 4.69) is 20.3 Å². The first-order valence-electron chi connectivity index (χ1n) is 8.07. The number of pyridine rings is 1. The van der Waals surface area contributed by atoms with Crippen LogP contribution in [-0.2, 0) is 18.9 Å². The number of hydrogen-bond donors (Lipinski definition) is 3. The first kappa shape index (κ1) is 20.4. The van der Waals surface area contributed by atoms with Crippen LogP contribution in [0.25, 0.3) is 11.0 Å². The molecule has 0 bridgehead atoms. The van der Waals surface area contributed by atoms with Crippen LogP contribution >= 0.6 is 0 Å². The molecule has 0 amide bonds. The van der Waals surface area contributed by atoms with Crippen LogP contribution < -0.4 is 16.8 Å². The summed E-state index contributed by atoms with van der Waals surface area (Å²) in [5.41, 5.74) is 9.08. The summed E-state index contributed by atoms with van der Waals surface area (Å²) in [4.78, 5) is 11.9. The molecule has 0 atom stereocenters. The maximum atomic E-state index is 13.0. The topological polar surface area (TPSA) is 103 Å². The Labute approximate surface area is 160 Å². The minimum atomic E-state index is -4.92. The molecule has 154 valence electrons. The standard InChI is InChI=1S/C17H14F6N6/c1-7-2-11(27-14-12(7)13(24)28-15(25)29-14)26-6-8-3-9(16(18,19)20)5-10(4-8)17(21,22)23/h2-5H,6H2,1H3,(H5,24,25,26,27,28,29). The first-order valence-corrected chi connectivity index (χ1v) is 8.07. The lowest BCUT2D eigenvalue weighted by atomic mass is 10.0. The van der Waals surface area contributed by atoms with E-state index in [1.807, 2.05) is 0 Å². The van der Waals surface area contributed by atoms with Crippen molar-refractivity contribution in [3.05, 3.63) is 46.5 Å². The highest BCUT2D eigenvalue weighted by Crippen LogP contribution is 2.36. The van der Waals surface area contributed by atoms with Gasteiger partial charge in [-0.25, -0.2) is 4.98 Å². The first-order chi connectivity index (χ1) is 13.3. The normalized spacial score (nSPS) is 12.4. The van der Waals surface area contributed by atoms with Crippen LogP contribution in [0.1, 0.15) is 22.3 Å². The Morgan fingerprint density at radius 2 is 1.45 bits per heavy atom. The molecular weight excluding hydrogens is 402 g/mol. The molecule has 29 heavy (non-hydrogen) atoms. The molecule has 6 nitrogen and oxygen atoms in total. The summed E-state index contributed by atoms with van der Waals surface area (Å²) in [5, 5.41) is 3.15. The van der Waals surface area contributed by atoms with Gasteiger partial charge in [-0.15, -0.1) is 0 Å². The maximum absolute atomic E-state index is 13.0. The number of aromatic nitrogens is 3. The smallest absolute Gasteiger partial charge is 0.383 e. The van der Waals surface area contributed by atoms with E-state index >= 15 is 0 Å². The number of hydrogen-bond acceptors (Lipinski definition) is 6. The van der Waals surface area contributed by atoms with Gasteiger partial charge in [-0.3, -0.25) is 0 Å². The van der Waals surface area contributed by atoms with Gasteiger partial charge >= 0.3 is 12.4 Å². The molecule has 1 aromatic carbocycles. The van der Waals surface area contributed by atoms with E-state index in [0.29, 0.717) is 23.1 Å². The molecule has 0 saturated heterocycles. The Morgan fingerprint density at radius 1 is 0.862 bits per heavy atom. The minimum Gasteiger partial charge on any atom is -0.383 e. The highest BCUT2D eigenvalue weighted by Gasteiger charge is 2.36. The predicted octanol–water partition coefficient (Wildman–Crippen LogP) is 4.15. The Bertz CT molecular complexity index is 1040. The van der Waals surface area contributed by atoms with Gasteiger partial charge < -0.3 is 16.8 Å². The lowest BCUT2D eigenvalue weighted by Gasteiger charge is -2.15. The number of anilines is 3. The second kappa shape index (κ2) is 6.94. The fourth-order valence-electron chi connectivity index (χ4n) is 2.77. The largest absolute Gasteiger partial charge is 0.416 e. The van der Waals surface area contributed by atoms with Crippen LogP contribution in [-0.4, -0.2) is 15.0 Å². The van der Waals surface area contributed by atoms with E-state index in [0.717, 1.165) is 0 Å². The average molecular weight is 416 g/mol. The summed E-state index contributed by atoms with van der Waals surface area (Å²) in [6, 6.07) is 2.89. The fourth-order valence-corrected chi connectivity index (χ4v) is 2.77. The third-order valence-corrected chi connectivity index (χ3v) is 4.03. The third-order valence-electron chi connectivity index (χ3n) is 4.03. The lowest BCUT2D eigenvalue weighted by molar-refractivity contribution is -0.143. The van der Waals surface area contributed by atoms with E-state index in [9.17, 15) is 26.3 Å². The number of nitrogen functional groups attached to an aromatic ring is 2. The zero-order valence-corrected chi connectivity index (χ0v) is 14.8. The van der Waals surface area contributed by atoms with Crippen LogP contribution in [0.15, 0.2) is 24.3 Å². The monoisotopic (exact) mass is 416 g/mol. The van der Waals surface area contributed by atoms with E-state index in [1.54, 1.807) is 6.92 Å². The van der Waals surface area contributed by atoms with E-state index in [4.69, 9.17) is 11.5 Å². The molecule has 2 heterocycles. The van der Waals surface area contributed by atoms with Crippen molar-refractivity contribution in [1.82, 2.24) is 15.0 Å². The molecule has 0 spiro atoms. The summed E-state index contributed by atoms with van der Waals surface area (Å²) in [5.74, 6) is 0.168. The van der Waals surface area contributed by atoms with E-state index in [1.165, 1.54) is 6.07 Å². The molecular formula is C17H14F6N6. The van der Waals surface area contributed by atoms with Crippen molar-refractivity contribution < 1.29 is 26.3 Å². The molecule has 12 heteroatoms. The number of nitrogens with two attached hydrogens (primary N) is 2. The van der Waals surface area contributed by atoms with E-state index < -0.39 is 23.5 Å². The van der Waals surface area contributed by atoms with Crippen LogP contribution in [0.4, 0.5) is 43.9 Å². The molecule has 3 aromatic rings. The van der Waals surface area contributed by atoms with Crippen molar-refractivity contribution in [3.8, 4) is 0 Å². The maximum Gasteiger partial charge on any atom is 0.416 e. The number of benzene rings is 1. The highest BCUT2D eigenvalue weighted by atomic mass is 19.4. The number of fused-ring (bicyclic) bond motifs is 1. The van der Waals surface area contributed by atoms with Crippen molar-refractivity contribution in [2.75, 3.05) is 16.8 Å². The van der Waals surface area contributed by atoms with Crippen molar-refractivity contribution in [3.63, 3.8) is 0 Å². The molecule has 0 aliphatic carbocycles. The molecule has 2 aromatic heterocycles. The molecule has 0 unspecified atom stereocenters. The van der Waals surface area contributed by atoms with Crippen molar-refractivity contribution in [2.45, 2.75) is 25.8 Å². The Balaban J connectivity index is 1.95. The third kappa shape index (κ3) is 4.41. The molecule has 0 aliphatic rings. The van der Waals surface area contributed by atoms with Gasteiger partial charge in [0.05, 0.1) is 16.5 Å². The number of nitrogens with zero attached hydrogens (tertiary/aromatic N) is 3. The molecule has 5 N–H and O–H groups in total. The Kier molecular flexibility index (Phi) is 4.89. The van der Waals surface area contributed by atoms with Crippen LogP contribution in [0, 0.1) is 6.92 Å². The zero-order valence-electron chi connectivity index (χ0n) is 14.8. The van der Waals surface area contributed by atoms with Gasteiger partial charge in [0.1, 0.15) is 11.6 Å². The molecule has 0 fully saturated rings. The highest BCUT2D eigenvalue weighted by molar-refractivity contribution is 5.90. The second-order valence-corrected chi connectivity index (χ2v) is 6.26. The summed E-state index contributed by atoms with van der Waals surface area (Å²) >= 11 is 0. The summed E-state index contributed by atoms with van der Waals surface area (Å²) < 4.78 is 77.8. The van der Waals surface area contributed by atoms with Crippen LogP contribution in [0.5, 0.6) is 0 Å².